The van der Waals surface area contributed by atoms with Crippen LogP contribution < -0.4 is 0 Å². The first-order valence-corrected chi connectivity index (χ1v) is 6.91. The molecule has 2 rings (SSSR count). The van der Waals surface area contributed by atoms with Gasteiger partial charge in [0.2, 0.25) is 5.89 Å². The number of benzene rings is 1. The van der Waals surface area contributed by atoms with Gasteiger partial charge in [0.15, 0.2) is 0 Å². The number of aliphatic hydroxyl groups is 1. The lowest BCUT2D eigenvalue weighted by atomic mass is 10.2. The number of rotatable bonds is 5. The van der Waals surface area contributed by atoms with Crippen molar-refractivity contribution in [3.8, 4) is 11.5 Å². The van der Waals surface area contributed by atoms with Crippen molar-refractivity contribution in [1.82, 2.24) is 10.2 Å². The highest BCUT2D eigenvalue weighted by molar-refractivity contribution is 9.10. The lowest BCUT2D eigenvalue weighted by molar-refractivity contribution is 0.296. The maximum Gasteiger partial charge on any atom is 0.276 e. The third kappa shape index (κ3) is 3.31. The van der Waals surface area contributed by atoms with Crippen LogP contribution >= 0.6 is 27.7 Å². The number of thioether (sulfide) groups is 1. The molecule has 0 radical (unpaired) electrons. The molecule has 2 aromatic rings. The van der Waals surface area contributed by atoms with Crippen LogP contribution in [-0.2, 0) is 0 Å². The molecule has 1 N–H and O–H groups in total. The first kappa shape index (κ1) is 12.6. The fraction of sp³-hybridized carbons (Fsp3) is 0.273. The molecule has 0 atom stereocenters. The van der Waals surface area contributed by atoms with E-state index in [-0.39, 0.29) is 6.61 Å². The zero-order chi connectivity index (χ0) is 12.1. The van der Waals surface area contributed by atoms with Crippen LogP contribution in [0.5, 0.6) is 0 Å². The van der Waals surface area contributed by atoms with E-state index < -0.39 is 0 Å². The minimum absolute atomic E-state index is 0.179. The first-order valence-electron chi connectivity index (χ1n) is 5.13. The van der Waals surface area contributed by atoms with E-state index in [0.717, 1.165) is 22.2 Å². The van der Waals surface area contributed by atoms with E-state index >= 15 is 0 Å². The molecule has 0 aliphatic rings. The summed E-state index contributed by atoms with van der Waals surface area (Å²) in [6.45, 7) is 0.179. The molecule has 6 heteroatoms. The van der Waals surface area contributed by atoms with Gasteiger partial charge in [-0.05, 0) is 34.5 Å². The van der Waals surface area contributed by atoms with E-state index in [0.29, 0.717) is 11.1 Å². The third-order valence-corrected chi connectivity index (χ3v) is 3.63. The Kier molecular flexibility index (Phi) is 4.58. The van der Waals surface area contributed by atoms with E-state index in [1.807, 2.05) is 24.3 Å². The first-order chi connectivity index (χ1) is 8.31. The Labute approximate surface area is 112 Å². The highest BCUT2D eigenvalue weighted by Gasteiger charge is 2.11. The summed E-state index contributed by atoms with van der Waals surface area (Å²) in [5, 5.41) is 17.2. The molecule has 0 saturated carbocycles. The molecule has 0 bridgehead atoms. The van der Waals surface area contributed by atoms with Gasteiger partial charge in [0.05, 0.1) is 5.56 Å². The molecular formula is C11H11BrN2O2S. The van der Waals surface area contributed by atoms with Gasteiger partial charge in [-0.2, -0.15) is 0 Å². The van der Waals surface area contributed by atoms with E-state index in [1.54, 1.807) is 0 Å². The summed E-state index contributed by atoms with van der Waals surface area (Å²) in [5.74, 6) is 1.28. The van der Waals surface area contributed by atoms with Crippen molar-refractivity contribution in [2.24, 2.45) is 0 Å². The molecule has 4 nitrogen and oxygen atoms in total. The van der Waals surface area contributed by atoms with Gasteiger partial charge in [-0.1, -0.05) is 23.9 Å². The Morgan fingerprint density at radius 1 is 1.29 bits per heavy atom. The van der Waals surface area contributed by atoms with Gasteiger partial charge in [0.1, 0.15) is 0 Å². The molecular weight excluding hydrogens is 304 g/mol. The monoisotopic (exact) mass is 314 g/mol. The summed E-state index contributed by atoms with van der Waals surface area (Å²) in [7, 11) is 0. The van der Waals surface area contributed by atoms with Gasteiger partial charge < -0.3 is 9.52 Å². The smallest absolute Gasteiger partial charge is 0.276 e. The Balaban J connectivity index is 2.10. The van der Waals surface area contributed by atoms with E-state index in [4.69, 9.17) is 9.52 Å². The number of hydrogen-bond donors (Lipinski definition) is 1. The lowest BCUT2D eigenvalue weighted by Gasteiger charge is -1.97. The normalized spacial score (nSPS) is 10.7. The molecule has 0 saturated heterocycles. The van der Waals surface area contributed by atoms with Crippen LogP contribution in [0.15, 0.2) is 38.4 Å². The number of aromatic nitrogens is 2. The number of halogens is 1. The Morgan fingerprint density at radius 2 is 2.12 bits per heavy atom. The fourth-order valence-electron chi connectivity index (χ4n) is 1.24. The molecule has 0 spiro atoms. The zero-order valence-corrected chi connectivity index (χ0v) is 11.4. The SMILES string of the molecule is OCCCSc1nnc(-c2ccccc2Br)o1. The molecule has 17 heavy (non-hydrogen) atoms. The molecule has 0 aliphatic heterocycles. The Bertz CT molecular complexity index is 490. The number of nitrogens with zero attached hydrogens (tertiary/aromatic N) is 2. The molecule has 0 unspecified atom stereocenters. The Morgan fingerprint density at radius 3 is 2.88 bits per heavy atom. The second kappa shape index (κ2) is 6.18. The van der Waals surface area contributed by atoms with Crippen molar-refractivity contribution in [2.45, 2.75) is 11.6 Å². The summed E-state index contributed by atoms with van der Waals surface area (Å²) in [4.78, 5) is 0. The molecule has 1 heterocycles. The molecule has 90 valence electrons. The predicted octanol–water partition coefficient (Wildman–Crippen LogP) is 2.97. The lowest BCUT2D eigenvalue weighted by Crippen LogP contribution is -1.85. The van der Waals surface area contributed by atoms with Crippen molar-refractivity contribution in [1.29, 1.82) is 0 Å². The van der Waals surface area contributed by atoms with Gasteiger partial charge in [-0.25, -0.2) is 0 Å². The number of aliphatic hydroxyl groups excluding tert-OH is 1. The molecule has 0 fully saturated rings. The average Bonchev–Trinajstić information content (AvgIpc) is 2.79. The summed E-state index contributed by atoms with van der Waals surface area (Å²) in [5.41, 5.74) is 0.883. The quantitative estimate of drug-likeness (QED) is 0.679. The molecule has 0 aliphatic carbocycles. The topological polar surface area (TPSA) is 59.2 Å². The molecule has 0 amide bonds. The highest BCUT2D eigenvalue weighted by atomic mass is 79.9. The van der Waals surface area contributed by atoms with Gasteiger partial charge in [0, 0.05) is 16.8 Å². The maximum atomic E-state index is 8.68. The van der Waals surface area contributed by atoms with Crippen LogP contribution in [0.2, 0.25) is 0 Å². The van der Waals surface area contributed by atoms with Crippen LogP contribution in [0.1, 0.15) is 6.42 Å². The van der Waals surface area contributed by atoms with Crippen molar-refractivity contribution in [3.63, 3.8) is 0 Å². The average molecular weight is 315 g/mol. The van der Waals surface area contributed by atoms with Crippen LogP contribution in [-0.4, -0.2) is 27.7 Å². The van der Waals surface area contributed by atoms with Crippen molar-refractivity contribution < 1.29 is 9.52 Å². The van der Waals surface area contributed by atoms with Crippen LogP contribution in [0.4, 0.5) is 0 Å². The fourth-order valence-corrected chi connectivity index (χ4v) is 2.37. The van der Waals surface area contributed by atoms with E-state index in [1.165, 1.54) is 11.8 Å². The molecule has 1 aromatic heterocycles. The third-order valence-electron chi connectivity index (χ3n) is 2.04. The van der Waals surface area contributed by atoms with Crippen LogP contribution in [0, 0.1) is 0 Å². The van der Waals surface area contributed by atoms with Crippen LogP contribution in [0.25, 0.3) is 11.5 Å². The van der Waals surface area contributed by atoms with Crippen molar-refractivity contribution >= 4 is 27.7 Å². The largest absolute Gasteiger partial charge is 0.411 e. The zero-order valence-electron chi connectivity index (χ0n) is 8.97. The van der Waals surface area contributed by atoms with Gasteiger partial charge in [0.25, 0.3) is 5.22 Å². The van der Waals surface area contributed by atoms with Crippen molar-refractivity contribution in [2.75, 3.05) is 12.4 Å². The summed E-state index contributed by atoms with van der Waals surface area (Å²) < 4.78 is 6.45. The summed E-state index contributed by atoms with van der Waals surface area (Å²) in [6, 6.07) is 7.70. The van der Waals surface area contributed by atoms with Crippen LogP contribution in [0.3, 0.4) is 0 Å². The minimum Gasteiger partial charge on any atom is -0.411 e. The van der Waals surface area contributed by atoms with E-state index in [2.05, 4.69) is 26.1 Å². The standard InChI is InChI=1S/C11H11BrN2O2S/c12-9-5-2-1-4-8(9)10-13-14-11(16-10)17-7-3-6-15/h1-2,4-5,15H,3,6-7H2. The minimum atomic E-state index is 0.179. The molecule has 1 aromatic carbocycles. The predicted molar refractivity (Wildman–Crippen MR) is 69.9 cm³/mol. The Hall–Kier alpha value is -0.850. The van der Waals surface area contributed by atoms with Gasteiger partial charge in [-0.3, -0.25) is 0 Å². The second-order valence-electron chi connectivity index (χ2n) is 3.28. The maximum absolute atomic E-state index is 8.68. The van der Waals surface area contributed by atoms with Gasteiger partial charge >= 0.3 is 0 Å². The van der Waals surface area contributed by atoms with E-state index in [9.17, 15) is 0 Å². The number of hydrogen-bond acceptors (Lipinski definition) is 5. The van der Waals surface area contributed by atoms with Gasteiger partial charge in [-0.15, -0.1) is 10.2 Å². The summed E-state index contributed by atoms with van der Waals surface area (Å²) >= 11 is 4.89. The summed E-state index contributed by atoms with van der Waals surface area (Å²) in [6.07, 6.45) is 0.720. The van der Waals surface area contributed by atoms with Crippen molar-refractivity contribution in [3.05, 3.63) is 28.7 Å². The highest BCUT2D eigenvalue weighted by Crippen LogP contribution is 2.28. The second-order valence-corrected chi connectivity index (χ2v) is 5.18.